The van der Waals surface area contributed by atoms with Crippen molar-refractivity contribution < 1.29 is 4.79 Å². The molecule has 0 fully saturated rings. The molecule has 0 radical (unpaired) electrons. The van der Waals surface area contributed by atoms with Gasteiger partial charge in [0, 0.05) is 10.6 Å². The minimum absolute atomic E-state index is 0.109. The maximum absolute atomic E-state index is 12.2. The Morgan fingerprint density at radius 1 is 1.19 bits per heavy atom. The molecule has 2 aromatic carbocycles. The molecule has 1 atom stereocenters. The molecule has 0 saturated carbocycles. The summed E-state index contributed by atoms with van der Waals surface area (Å²) >= 11 is 7.14. The number of thioether (sulfide) groups is 1. The maximum atomic E-state index is 12.2. The summed E-state index contributed by atoms with van der Waals surface area (Å²) in [5.41, 5.74) is 3.02. The van der Waals surface area contributed by atoms with Crippen molar-refractivity contribution in [2.24, 2.45) is 0 Å². The number of nitrogen functional groups attached to an aromatic ring is 1. The van der Waals surface area contributed by atoms with Gasteiger partial charge in [0.05, 0.1) is 11.8 Å². The largest absolute Gasteiger partial charge is 0.349 e. The zero-order valence-corrected chi connectivity index (χ0v) is 16.6. The Hall–Kier alpha value is -2.51. The van der Waals surface area contributed by atoms with E-state index in [2.05, 4.69) is 15.5 Å². The van der Waals surface area contributed by atoms with E-state index in [1.165, 1.54) is 16.4 Å². The summed E-state index contributed by atoms with van der Waals surface area (Å²) in [4.78, 5) is 12.2. The molecule has 6 nitrogen and oxygen atoms in total. The number of carbonyl (C=O) groups is 1. The van der Waals surface area contributed by atoms with E-state index in [0.29, 0.717) is 16.0 Å². The molecule has 0 aliphatic rings. The Bertz CT molecular complexity index is 924. The van der Waals surface area contributed by atoms with Crippen LogP contribution >= 0.6 is 23.4 Å². The molecule has 0 spiro atoms. The number of hydrogen-bond donors (Lipinski definition) is 2. The van der Waals surface area contributed by atoms with E-state index in [4.69, 9.17) is 17.4 Å². The van der Waals surface area contributed by atoms with Gasteiger partial charge >= 0.3 is 0 Å². The number of halogens is 1. The molecular formula is C19H20ClN5OS. The Morgan fingerprint density at radius 2 is 1.85 bits per heavy atom. The molecule has 0 aliphatic carbocycles. The van der Waals surface area contributed by atoms with Crippen molar-refractivity contribution in [2.45, 2.75) is 25.0 Å². The first-order chi connectivity index (χ1) is 12.9. The molecule has 140 valence electrons. The Labute approximate surface area is 167 Å². The highest BCUT2D eigenvalue weighted by Gasteiger charge is 2.15. The first kappa shape index (κ1) is 19.3. The molecule has 3 aromatic rings. The van der Waals surface area contributed by atoms with Gasteiger partial charge in [-0.1, -0.05) is 65.3 Å². The Balaban J connectivity index is 1.59. The topological polar surface area (TPSA) is 85.8 Å². The fourth-order valence-corrected chi connectivity index (χ4v) is 3.32. The molecule has 3 rings (SSSR count). The normalized spacial score (nSPS) is 12.0. The Morgan fingerprint density at radius 3 is 2.52 bits per heavy atom. The van der Waals surface area contributed by atoms with E-state index in [9.17, 15) is 4.79 Å². The molecule has 0 bridgehead atoms. The maximum Gasteiger partial charge on any atom is 0.230 e. The van der Waals surface area contributed by atoms with E-state index >= 15 is 0 Å². The van der Waals surface area contributed by atoms with Gasteiger partial charge in [-0.05, 0) is 31.5 Å². The summed E-state index contributed by atoms with van der Waals surface area (Å²) < 4.78 is 1.41. The molecule has 0 aliphatic heterocycles. The second-order valence-electron chi connectivity index (χ2n) is 6.17. The highest BCUT2D eigenvalue weighted by atomic mass is 35.5. The number of nitrogens with zero attached hydrogens (tertiary/aromatic N) is 3. The van der Waals surface area contributed by atoms with Gasteiger partial charge in [0.1, 0.15) is 0 Å². The number of aromatic nitrogens is 3. The molecule has 1 aromatic heterocycles. The van der Waals surface area contributed by atoms with E-state index in [1.807, 2.05) is 50.2 Å². The fraction of sp³-hybridized carbons (Fsp3) is 0.211. The van der Waals surface area contributed by atoms with E-state index < -0.39 is 0 Å². The van der Waals surface area contributed by atoms with Crippen LogP contribution in [0.5, 0.6) is 0 Å². The van der Waals surface area contributed by atoms with Crippen molar-refractivity contribution in [3.8, 4) is 11.4 Å². The molecule has 0 saturated heterocycles. The minimum Gasteiger partial charge on any atom is -0.349 e. The van der Waals surface area contributed by atoms with Crippen molar-refractivity contribution in [3.05, 3.63) is 64.7 Å². The van der Waals surface area contributed by atoms with Crippen molar-refractivity contribution in [3.63, 3.8) is 0 Å². The zero-order valence-electron chi connectivity index (χ0n) is 15.0. The number of benzene rings is 2. The molecule has 8 heteroatoms. The van der Waals surface area contributed by atoms with Gasteiger partial charge in [-0.3, -0.25) is 4.79 Å². The smallest absolute Gasteiger partial charge is 0.230 e. The molecule has 0 unspecified atom stereocenters. The molecule has 1 heterocycles. The predicted octanol–water partition coefficient (Wildman–Crippen LogP) is 3.59. The SMILES string of the molecule is Cc1ccc(-c2nnc(SCC(=O)N[C@H](C)c3ccc(Cl)cc3)n2N)cc1. The molecule has 1 amide bonds. The van der Waals surface area contributed by atoms with Gasteiger partial charge in [-0.2, -0.15) is 0 Å². The number of hydrogen-bond acceptors (Lipinski definition) is 5. The summed E-state index contributed by atoms with van der Waals surface area (Å²) in [6.45, 7) is 3.94. The summed E-state index contributed by atoms with van der Waals surface area (Å²) in [5, 5.41) is 12.3. The lowest BCUT2D eigenvalue weighted by atomic mass is 10.1. The number of amides is 1. The van der Waals surface area contributed by atoms with Gasteiger partial charge in [0.25, 0.3) is 0 Å². The standard InChI is InChI=1S/C19H20ClN5OS/c1-12-3-5-15(6-4-12)18-23-24-19(25(18)21)27-11-17(26)22-13(2)14-7-9-16(20)10-8-14/h3-10,13H,11,21H2,1-2H3,(H,22,26)/t13-/m1/s1. The van der Waals surface area contributed by atoms with Crippen LogP contribution in [0.25, 0.3) is 11.4 Å². The van der Waals surface area contributed by atoms with Crippen LogP contribution < -0.4 is 11.2 Å². The van der Waals surface area contributed by atoms with Crippen molar-refractivity contribution in [1.82, 2.24) is 20.2 Å². The monoisotopic (exact) mass is 401 g/mol. The number of nitrogens with two attached hydrogens (primary N) is 1. The average molecular weight is 402 g/mol. The second-order valence-corrected chi connectivity index (χ2v) is 7.55. The van der Waals surface area contributed by atoms with Crippen molar-refractivity contribution in [2.75, 3.05) is 11.6 Å². The van der Waals surface area contributed by atoms with Gasteiger partial charge in [0.2, 0.25) is 11.1 Å². The Kier molecular flexibility index (Phi) is 6.03. The highest BCUT2D eigenvalue weighted by molar-refractivity contribution is 7.99. The summed E-state index contributed by atoms with van der Waals surface area (Å²) in [6.07, 6.45) is 0. The third kappa shape index (κ3) is 4.81. The quantitative estimate of drug-likeness (QED) is 0.487. The molecular weight excluding hydrogens is 382 g/mol. The summed E-state index contributed by atoms with van der Waals surface area (Å²) in [5.74, 6) is 6.74. The first-order valence-electron chi connectivity index (χ1n) is 8.39. The predicted molar refractivity (Wildman–Crippen MR) is 109 cm³/mol. The van der Waals surface area contributed by atoms with Crippen LogP contribution in [0.15, 0.2) is 53.7 Å². The van der Waals surface area contributed by atoms with E-state index in [0.717, 1.165) is 16.7 Å². The highest BCUT2D eigenvalue weighted by Crippen LogP contribution is 2.22. The van der Waals surface area contributed by atoms with Gasteiger partial charge in [0.15, 0.2) is 5.82 Å². The lowest BCUT2D eigenvalue weighted by Gasteiger charge is -2.14. The van der Waals surface area contributed by atoms with Crippen LogP contribution in [0, 0.1) is 6.92 Å². The zero-order chi connectivity index (χ0) is 19.4. The summed E-state index contributed by atoms with van der Waals surface area (Å²) in [6, 6.07) is 15.1. The van der Waals surface area contributed by atoms with E-state index in [1.54, 1.807) is 12.1 Å². The number of rotatable bonds is 6. The van der Waals surface area contributed by atoms with Gasteiger partial charge < -0.3 is 11.2 Å². The van der Waals surface area contributed by atoms with Gasteiger partial charge in [-0.15, -0.1) is 10.2 Å². The summed E-state index contributed by atoms with van der Waals surface area (Å²) in [7, 11) is 0. The average Bonchev–Trinajstić information content (AvgIpc) is 3.02. The number of nitrogens with one attached hydrogen (secondary N) is 1. The third-order valence-electron chi connectivity index (χ3n) is 4.05. The van der Waals surface area contributed by atoms with E-state index in [-0.39, 0.29) is 17.7 Å². The van der Waals surface area contributed by atoms with Crippen LogP contribution in [-0.2, 0) is 4.79 Å². The fourth-order valence-electron chi connectivity index (χ4n) is 2.52. The number of aryl methyl sites for hydroxylation is 1. The molecule has 3 N–H and O–H groups in total. The lowest BCUT2D eigenvalue weighted by Crippen LogP contribution is -2.28. The van der Waals surface area contributed by atoms with Crippen LogP contribution in [0.2, 0.25) is 5.02 Å². The van der Waals surface area contributed by atoms with Crippen LogP contribution in [0.1, 0.15) is 24.1 Å². The molecule has 27 heavy (non-hydrogen) atoms. The van der Waals surface area contributed by atoms with Crippen molar-refractivity contribution in [1.29, 1.82) is 0 Å². The van der Waals surface area contributed by atoms with Crippen LogP contribution in [0.3, 0.4) is 0 Å². The van der Waals surface area contributed by atoms with Crippen molar-refractivity contribution >= 4 is 29.3 Å². The minimum atomic E-state index is -0.116. The van der Waals surface area contributed by atoms with Gasteiger partial charge in [-0.25, -0.2) is 4.68 Å². The second kappa shape index (κ2) is 8.45. The van der Waals surface area contributed by atoms with Crippen LogP contribution in [-0.4, -0.2) is 26.5 Å². The lowest BCUT2D eigenvalue weighted by molar-refractivity contribution is -0.119. The number of carbonyl (C=O) groups excluding carboxylic acids is 1. The first-order valence-corrected chi connectivity index (χ1v) is 9.75. The van der Waals surface area contributed by atoms with Crippen LogP contribution in [0.4, 0.5) is 0 Å². The third-order valence-corrected chi connectivity index (χ3v) is 5.25.